The Morgan fingerprint density at radius 2 is 2.27 bits per heavy atom. The Balaban J connectivity index is 2.27. The molecule has 0 aliphatic heterocycles. The molecule has 0 bridgehead atoms. The quantitative estimate of drug-likeness (QED) is 0.678. The van der Waals surface area contributed by atoms with Gasteiger partial charge in [0.05, 0.1) is 0 Å². The number of carboxylic acids is 1. The summed E-state index contributed by atoms with van der Waals surface area (Å²) in [5.74, 6) is -1.53. The van der Waals surface area contributed by atoms with Gasteiger partial charge in [0, 0.05) is 23.9 Å². The molecule has 1 aromatic rings. The summed E-state index contributed by atoms with van der Waals surface area (Å²) < 4.78 is 0. The van der Waals surface area contributed by atoms with Crippen LogP contribution in [0.15, 0.2) is 16.8 Å². The average Bonchev–Trinajstić information content (AvgIpc) is 2.70. The molecule has 3 N–H and O–H groups in total. The van der Waals surface area contributed by atoms with Crippen LogP contribution < -0.4 is 5.32 Å². The molecular weight excluding hydrogens is 218 g/mol. The van der Waals surface area contributed by atoms with E-state index in [-0.39, 0.29) is 18.9 Å². The summed E-state index contributed by atoms with van der Waals surface area (Å²) in [7, 11) is 0. The number of amides is 1. The fourth-order valence-corrected chi connectivity index (χ4v) is 1.58. The Morgan fingerprint density at radius 1 is 1.53 bits per heavy atom. The van der Waals surface area contributed by atoms with Crippen LogP contribution >= 0.6 is 11.3 Å². The Morgan fingerprint density at radius 3 is 2.80 bits per heavy atom. The van der Waals surface area contributed by atoms with Gasteiger partial charge in [-0.15, -0.1) is 0 Å². The number of carbonyl (C=O) groups is 2. The van der Waals surface area contributed by atoms with Crippen LogP contribution in [-0.4, -0.2) is 34.7 Å². The van der Waals surface area contributed by atoms with E-state index < -0.39 is 12.1 Å². The summed E-state index contributed by atoms with van der Waals surface area (Å²) in [6.07, 6.45) is -1.42. The Hall–Kier alpha value is -1.40. The van der Waals surface area contributed by atoms with Gasteiger partial charge in [-0.3, -0.25) is 4.79 Å². The van der Waals surface area contributed by atoms with Crippen molar-refractivity contribution in [1.29, 1.82) is 0 Å². The van der Waals surface area contributed by atoms with E-state index in [1.807, 2.05) is 0 Å². The van der Waals surface area contributed by atoms with Crippen LogP contribution in [0.1, 0.15) is 16.8 Å². The minimum Gasteiger partial charge on any atom is -0.479 e. The zero-order valence-corrected chi connectivity index (χ0v) is 8.66. The van der Waals surface area contributed by atoms with Gasteiger partial charge in [-0.1, -0.05) is 0 Å². The molecule has 0 unspecified atom stereocenters. The lowest BCUT2D eigenvalue weighted by molar-refractivity contribution is -0.146. The second-order valence-corrected chi connectivity index (χ2v) is 3.69. The smallest absolute Gasteiger partial charge is 0.332 e. The summed E-state index contributed by atoms with van der Waals surface area (Å²) in [5.41, 5.74) is 0.546. The predicted octanol–water partition coefficient (Wildman–Crippen LogP) is 0.313. The third kappa shape index (κ3) is 3.69. The summed E-state index contributed by atoms with van der Waals surface area (Å²) in [6, 6.07) is 1.67. The molecule has 82 valence electrons. The van der Waals surface area contributed by atoms with Gasteiger partial charge < -0.3 is 15.5 Å². The molecule has 0 spiro atoms. The van der Waals surface area contributed by atoms with Gasteiger partial charge in [0.15, 0.2) is 6.10 Å². The van der Waals surface area contributed by atoms with Crippen LogP contribution in [0.3, 0.4) is 0 Å². The molecule has 1 amide bonds. The van der Waals surface area contributed by atoms with Gasteiger partial charge in [-0.05, 0) is 11.4 Å². The maximum Gasteiger partial charge on any atom is 0.332 e. The van der Waals surface area contributed by atoms with E-state index in [2.05, 4.69) is 5.32 Å². The zero-order valence-electron chi connectivity index (χ0n) is 7.84. The van der Waals surface area contributed by atoms with Gasteiger partial charge in [0.25, 0.3) is 5.91 Å². The lowest BCUT2D eigenvalue weighted by atomic mass is 10.2. The average molecular weight is 229 g/mol. The van der Waals surface area contributed by atoms with Gasteiger partial charge >= 0.3 is 5.97 Å². The van der Waals surface area contributed by atoms with Crippen LogP contribution in [0.5, 0.6) is 0 Å². The van der Waals surface area contributed by atoms with Gasteiger partial charge in [0.2, 0.25) is 0 Å². The minimum absolute atomic E-state index is 0.00517. The fraction of sp³-hybridized carbons (Fsp3) is 0.333. The number of aliphatic carboxylic acids is 1. The largest absolute Gasteiger partial charge is 0.479 e. The molecule has 1 atom stereocenters. The van der Waals surface area contributed by atoms with Gasteiger partial charge in [0.1, 0.15) is 0 Å². The van der Waals surface area contributed by atoms with E-state index in [1.165, 1.54) is 11.3 Å². The standard InChI is InChI=1S/C9H11NO4S/c11-7(9(13)14)1-3-10-8(12)6-2-4-15-5-6/h2,4-5,7,11H,1,3H2,(H,10,12)(H,13,14)/t7-/m0/s1. The lowest BCUT2D eigenvalue weighted by Crippen LogP contribution is -2.29. The van der Waals surface area contributed by atoms with Crippen LogP contribution in [-0.2, 0) is 4.79 Å². The number of nitrogens with one attached hydrogen (secondary N) is 1. The van der Waals surface area contributed by atoms with Crippen molar-refractivity contribution in [2.24, 2.45) is 0 Å². The topological polar surface area (TPSA) is 86.6 Å². The van der Waals surface area contributed by atoms with Crippen molar-refractivity contribution in [3.8, 4) is 0 Å². The van der Waals surface area contributed by atoms with Crippen LogP contribution in [0, 0.1) is 0 Å². The summed E-state index contributed by atoms with van der Waals surface area (Å²) in [5, 5.41) is 23.3. The molecule has 0 aliphatic rings. The predicted molar refractivity (Wildman–Crippen MR) is 54.9 cm³/mol. The van der Waals surface area contributed by atoms with E-state index in [0.29, 0.717) is 5.56 Å². The van der Waals surface area contributed by atoms with Crippen molar-refractivity contribution >= 4 is 23.2 Å². The van der Waals surface area contributed by atoms with Crippen LogP contribution in [0.25, 0.3) is 0 Å². The normalized spacial score (nSPS) is 12.1. The first-order valence-electron chi connectivity index (χ1n) is 4.32. The summed E-state index contributed by atoms with van der Waals surface area (Å²) >= 11 is 1.41. The number of thiophene rings is 1. The van der Waals surface area contributed by atoms with Crippen molar-refractivity contribution in [3.05, 3.63) is 22.4 Å². The molecule has 0 saturated heterocycles. The monoisotopic (exact) mass is 229 g/mol. The number of hydrogen-bond donors (Lipinski definition) is 3. The zero-order chi connectivity index (χ0) is 11.3. The van der Waals surface area contributed by atoms with Crippen LogP contribution in [0.4, 0.5) is 0 Å². The van der Waals surface area contributed by atoms with Crippen molar-refractivity contribution < 1.29 is 19.8 Å². The molecule has 1 rings (SSSR count). The SMILES string of the molecule is O=C(NCC[C@H](O)C(=O)O)c1ccsc1. The second-order valence-electron chi connectivity index (χ2n) is 2.91. The lowest BCUT2D eigenvalue weighted by Gasteiger charge is -2.06. The highest BCUT2D eigenvalue weighted by atomic mass is 32.1. The maximum absolute atomic E-state index is 11.3. The number of carbonyl (C=O) groups excluding carboxylic acids is 1. The molecule has 0 fully saturated rings. The Kier molecular flexibility index (Phi) is 4.26. The molecule has 5 nitrogen and oxygen atoms in total. The number of carboxylic acid groups (broad SMARTS) is 1. The highest BCUT2D eigenvalue weighted by Crippen LogP contribution is 2.05. The highest BCUT2D eigenvalue weighted by Gasteiger charge is 2.13. The van der Waals surface area contributed by atoms with E-state index in [1.54, 1.807) is 16.8 Å². The van der Waals surface area contributed by atoms with Gasteiger partial charge in [-0.25, -0.2) is 4.79 Å². The summed E-state index contributed by atoms with van der Waals surface area (Å²) in [4.78, 5) is 21.6. The molecule has 15 heavy (non-hydrogen) atoms. The van der Waals surface area contributed by atoms with E-state index in [4.69, 9.17) is 10.2 Å². The first-order chi connectivity index (χ1) is 7.11. The molecule has 0 aromatic carbocycles. The second kappa shape index (κ2) is 5.47. The third-order valence-corrected chi connectivity index (χ3v) is 2.45. The maximum atomic E-state index is 11.3. The van der Waals surface area contributed by atoms with Crippen molar-refractivity contribution in [2.75, 3.05) is 6.54 Å². The Labute approximate surface area is 90.4 Å². The summed E-state index contributed by atoms with van der Waals surface area (Å²) in [6.45, 7) is 0.141. The molecule has 0 radical (unpaired) electrons. The fourth-order valence-electron chi connectivity index (χ4n) is 0.942. The Bertz CT molecular complexity index is 336. The number of rotatable bonds is 5. The minimum atomic E-state index is -1.42. The van der Waals surface area contributed by atoms with Crippen molar-refractivity contribution in [1.82, 2.24) is 5.32 Å². The van der Waals surface area contributed by atoms with E-state index >= 15 is 0 Å². The first kappa shape index (κ1) is 11.7. The molecular formula is C9H11NO4S. The molecule has 0 saturated carbocycles. The number of aliphatic hydroxyl groups is 1. The molecule has 6 heteroatoms. The molecule has 1 aromatic heterocycles. The van der Waals surface area contributed by atoms with Crippen molar-refractivity contribution in [3.63, 3.8) is 0 Å². The van der Waals surface area contributed by atoms with Crippen LogP contribution in [0.2, 0.25) is 0 Å². The number of aliphatic hydroxyl groups excluding tert-OH is 1. The van der Waals surface area contributed by atoms with Crippen molar-refractivity contribution in [2.45, 2.75) is 12.5 Å². The molecule has 1 heterocycles. The number of hydrogen-bond acceptors (Lipinski definition) is 4. The van der Waals surface area contributed by atoms with E-state index in [0.717, 1.165) is 0 Å². The first-order valence-corrected chi connectivity index (χ1v) is 5.27. The third-order valence-electron chi connectivity index (χ3n) is 1.77. The molecule has 0 aliphatic carbocycles. The van der Waals surface area contributed by atoms with Gasteiger partial charge in [-0.2, -0.15) is 11.3 Å². The van der Waals surface area contributed by atoms with E-state index in [9.17, 15) is 9.59 Å². The highest BCUT2D eigenvalue weighted by molar-refractivity contribution is 7.08.